The van der Waals surface area contributed by atoms with Crippen LogP contribution >= 0.6 is 0 Å². The Labute approximate surface area is 115 Å². The van der Waals surface area contributed by atoms with Gasteiger partial charge in [-0.15, -0.1) is 0 Å². The summed E-state index contributed by atoms with van der Waals surface area (Å²) in [5, 5.41) is 0. The van der Waals surface area contributed by atoms with E-state index in [0.717, 1.165) is 0 Å². The quantitative estimate of drug-likeness (QED) is 0.850. The zero-order valence-electron chi connectivity index (χ0n) is 12.4. The number of ether oxygens (including phenoxy) is 1. The molecule has 4 heteroatoms. The van der Waals surface area contributed by atoms with Gasteiger partial charge in [0, 0.05) is 18.8 Å². The molecule has 0 saturated carbocycles. The average molecular weight is 264 g/mol. The molecule has 1 atom stereocenters. The highest BCUT2D eigenvalue weighted by Gasteiger charge is 2.26. The number of likely N-dealkylation sites (N-methyl/N-ethyl adjacent to an activating group) is 1. The molecule has 19 heavy (non-hydrogen) atoms. The Hall–Kier alpha value is -1.71. The Morgan fingerprint density at radius 2 is 1.84 bits per heavy atom. The molecular formula is C15H24N2O2. The van der Waals surface area contributed by atoms with Crippen molar-refractivity contribution in [3.8, 4) is 5.75 Å². The fourth-order valence-electron chi connectivity index (χ4n) is 1.61. The minimum atomic E-state index is -0.0285. The SMILES string of the molecule is CC(N(C)C(=O)COc1ccc(N)cc1)C(C)(C)C. The van der Waals surface area contributed by atoms with Gasteiger partial charge in [-0.05, 0) is 36.6 Å². The van der Waals surface area contributed by atoms with Crippen molar-refractivity contribution in [1.29, 1.82) is 0 Å². The van der Waals surface area contributed by atoms with Crippen LogP contribution in [-0.2, 0) is 4.79 Å². The summed E-state index contributed by atoms with van der Waals surface area (Å²) in [5.41, 5.74) is 6.31. The van der Waals surface area contributed by atoms with Gasteiger partial charge >= 0.3 is 0 Å². The molecule has 4 nitrogen and oxygen atoms in total. The van der Waals surface area contributed by atoms with E-state index in [2.05, 4.69) is 20.8 Å². The van der Waals surface area contributed by atoms with Crippen molar-refractivity contribution < 1.29 is 9.53 Å². The van der Waals surface area contributed by atoms with E-state index < -0.39 is 0 Å². The molecule has 0 heterocycles. The van der Waals surface area contributed by atoms with Gasteiger partial charge in [-0.2, -0.15) is 0 Å². The maximum Gasteiger partial charge on any atom is 0.260 e. The third kappa shape index (κ3) is 4.47. The van der Waals surface area contributed by atoms with Crippen LogP contribution in [0.2, 0.25) is 0 Å². The van der Waals surface area contributed by atoms with Gasteiger partial charge < -0.3 is 15.4 Å². The molecule has 106 valence electrons. The Kier molecular flexibility index (Phi) is 4.81. The normalized spacial score (nSPS) is 12.9. The van der Waals surface area contributed by atoms with Gasteiger partial charge in [-0.1, -0.05) is 20.8 Å². The first kappa shape index (κ1) is 15.3. The number of anilines is 1. The van der Waals surface area contributed by atoms with E-state index in [0.29, 0.717) is 11.4 Å². The molecule has 0 saturated heterocycles. The molecule has 1 unspecified atom stereocenters. The number of hydrogen-bond donors (Lipinski definition) is 1. The number of rotatable bonds is 4. The molecule has 0 spiro atoms. The van der Waals surface area contributed by atoms with Crippen molar-refractivity contribution in [2.24, 2.45) is 5.41 Å². The summed E-state index contributed by atoms with van der Waals surface area (Å²) in [4.78, 5) is 13.8. The number of carbonyl (C=O) groups is 1. The van der Waals surface area contributed by atoms with Crippen molar-refractivity contribution in [2.45, 2.75) is 33.7 Å². The highest BCUT2D eigenvalue weighted by Crippen LogP contribution is 2.23. The van der Waals surface area contributed by atoms with Gasteiger partial charge in [-0.3, -0.25) is 4.79 Å². The van der Waals surface area contributed by atoms with Crippen LogP contribution in [0, 0.1) is 5.41 Å². The van der Waals surface area contributed by atoms with E-state index in [4.69, 9.17) is 10.5 Å². The van der Waals surface area contributed by atoms with Crippen LogP contribution in [0.25, 0.3) is 0 Å². The summed E-state index contributed by atoms with van der Waals surface area (Å²) in [6, 6.07) is 7.17. The van der Waals surface area contributed by atoms with E-state index in [1.807, 2.05) is 14.0 Å². The van der Waals surface area contributed by atoms with E-state index in [1.165, 1.54) is 0 Å². The lowest BCUT2D eigenvalue weighted by molar-refractivity contribution is -0.135. The summed E-state index contributed by atoms with van der Waals surface area (Å²) >= 11 is 0. The molecule has 1 amide bonds. The Bertz CT molecular complexity index is 421. The summed E-state index contributed by atoms with van der Waals surface area (Å²) in [7, 11) is 1.81. The second-order valence-corrected chi connectivity index (χ2v) is 5.90. The Morgan fingerprint density at radius 3 is 2.32 bits per heavy atom. The first-order valence-corrected chi connectivity index (χ1v) is 6.46. The monoisotopic (exact) mass is 264 g/mol. The molecule has 1 aromatic rings. The van der Waals surface area contributed by atoms with Crippen LogP contribution in [0.15, 0.2) is 24.3 Å². The van der Waals surface area contributed by atoms with Crippen LogP contribution < -0.4 is 10.5 Å². The molecular weight excluding hydrogens is 240 g/mol. The van der Waals surface area contributed by atoms with E-state index in [-0.39, 0.29) is 24.0 Å². The zero-order valence-corrected chi connectivity index (χ0v) is 12.4. The Morgan fingerprint density at radius 1 is 1.32 bits per heavy atom. The van der Waals surface area contributed by atoms with Crippen LogP contribution in [0.3, 0.4) is 0 Å². The lowest BCUT2D eigenvalue weighted by Gasteiger charge is -2.35. The lowest BCUT2D eigenvalue weighted by atomic mass is 9.87. The maximum absolute atomic E-state index is 12.0. The highest BCUT2D eigenvalue weighted by atomic mass is 16.5. The van der Waals surface area contributed by atoms with Crippen molar-refractivity contribution >= 4 is 11.6 Å². The predicted molar refractivity (Wildman–Crippen MR) is 78.0 cm³/mol. The summed E-state index contributed by atoms with van der Waals surface area (Å²) < 4.78 is 5.46. The number of benzene rings is 1. The number of nitrogens with zero attached hydrogens (tertiary/aromatic N) is 1. The molecule has 2 N–H and O–H groups in total. The number of nitrogen functional groups attached to an aromatic ring is 1. The van der Waals surface area contributed by atoms with Crippen LogP contribution in [0.1, 0.15) is 27.7 Å². The maximum atomic E-state index is 12.0. The molecule has 0 aromatic heterocycles. The molecule has 1 aromatic carbocycles. The fourth-order valence-corrected chi connectivity index (χ4v) is 1.61. The van der Waals surface area contributed by atoms with Crippen LogP contribution in [0.5, 0.6) is 5.75 Å². The molecule has 1 rings (SSSR count). The fraction of sp³-hybridized carbons (Fsp3) is 0.533. The number of amides is 1. The van der Waals surface area contributed by atoms with Crippen molar-refractivity contribution in [1.82, 2.24) is 4.90 Å². The van der Waals surface area contributed by atoms with E-state index in [9.17, 15) is 4.79 Å². The van der Waals surface area contributed by atoms with Crippen molar-refractivity contribution in [2.75, 3.05) is 19.4 Å². The first-order chi connectivity index (χ1) is 8.71. The van der Waals surface area contributed by atoms with Crippen LogP contribution in [-0.4, -0.2) is 30.5 Å². The summed E-state index contributed by atoms with van der Waals surface area (Å²) in [6.07, 6.45) is 0. The first-order valence-electron chi connectivity index (χ1n) is 6.46. The molecule has 0 aliphatic heterocycles. The Balaban J connectivity index is 2.53. The number of carbonyl (C=O) groups excluding carboxylic acids is 1. The summed E-state index contributed by atoms with van der Waals surface area (Å²) in [6.45, 7) is 8.43. The zero-order chi connectivity index (χ0) is 14.6. The smallest absolute Gasteiger partial charge is 0.260 e. The minimum absolute atomic E-state index is 0.0285. The largest absolute Gasteiger partial charge is 0.484 e. The number of nitrogens with two attached hydrogens (primary N) is 1. The third-order valence-corrected chi connectivity index (χ3v) is 3.47. The van der Waals surface area contributed by atoms with E-state index >= 15 is 0 Å². The molecule has 0 bridgehead atoms. The second kappa shape index (κ2) is 5.95. The minimum Gasteiger partial charge on any atom is -0.484 e. The van der Waals surface area contributed by atoms with E-state index in [1.54, 1.807) is 29.2 Å². The topological polar surface area (TPSA) is 55.6 Å². The average Bonchev–Trinajstić information content (AvgIpc) is 2.34. The molecule has 0 aliphatic rings. The standard InChI is InChI=1S/C15H24N2O2/c1-11(15(2,3)4)17(5)14(18)10-19-13-8-6-12(16)7-9-13/h6-9,11H,10,16H2,1-5H3. The van der Waals surface area contributed by atoms with Gasteiger partial charge in [0.2, 0.25) is 0 Å². The van der Waals surface area contributed by atoms with Gasteiger partial charge in [0.25, 0.3) is 5.91 Å². The van der Waals surface area contributed by atoms with Gasteiger partial charge in [-0.25, -0.2) is 0 Å². The van der Waals surface area contributed by atoms with Crippen molar-refractivity contribution in [3.05, 3.63) is 24.3 Å². The second-order valence-electron chi connectivity index (χ2n) is 5.90. The summed E-state index contributed by atoms with van der Waals surface area (Å²) in [5.74, 6) is 0.624. The van der Waals surface area contributed by atoms with Crippen LogP contribution in [0.4, 0.5) is 5.69 Å². The van der Waals surface area contributed by atoms with Crippen molar-refractivity contribution in [3.63, 3.8) is 0 Å². The van der Waals surface area contributed by atoms with Gasteiger partial charge in [0.1, 0.15) is 5.75 Å². The molecule has 0 radical (unpaired) electrons. The van der Waals surface area contributed by atoms with Gasteiger partial charge in [0.05, 0.1) is 0 Å². The number of hydrogen-bond acceptors (Lipinski definition) is 3. The highest BCUT2D eigenvalue weighted by molar-refractivity contribution is 5.77. The lowest BCUT2D eigenvalue weighted by Crippen LogP contribution is -2.44. The predicted octanol–water partition coefficient (Wildman–Crippen LogP) is 2.54. The van der Waals surface area contributed by atoms with Gasteiger partial charge in [0.15, 0.2) is 6.61 Å². The third-order valence-electron chi connectivity index (χ3n) is 3.47. The molecule has 0 fully saturated rings. The molecule has 0 aliphatic carbocycles.